The molecule has 0 spiro atoms. The van der Waals surface area contributed by atoms with Gasteiger partial charge in [0.1, 0.15) is 11.3 Å². The lowest BCUT2D eigenvalue weighted by Gasteiger charge is -2.06. The molecule has 2 N–H and O–H groups in total. The molecule has 0 atom stereocenters. The number of alkyl halides is 2. The second-order valence-electron chi connectivity index (χ2n) is 3.82. The third-order valence-electron chi connectivity index (χ3n) is 2.53. The third kappa shape index (κ3) is 3.00. The summed E-state index contributed by atoms with van der Waals surface area (Å²) in [6.07, 6.45) is 0. The van der Waals surface area contributed by atoms with E-state index in [0.29, 0.717) is 11.3 Å². The molecule has 0 radical (unpaired) electrons. The molecule has 0 aliphatic carbocycles. The first kappa shape index (κ1) is 13.7. The van der Waals surface area contributed by atoms with Gasteiger partial charge in [0.15, 0.2) is 0 Å². The molecule has 7 heteroatoms. The van der Waals surface area contributed by atoms with Crippen LogP contribution in [0.25, 0.3) is 11.3 Å². The molecule has 1 aromatic carbocycles. The normalized spacial score (nSPS) is 10.6. The summed E-state index contributed by atoms with van der Waals surface area (Å²) in [5.41, 5.74) is -0.182. The minimum atomic E-state index is -2.91. The molecule has 20 heavy (non-hydrogen) atoms. The summed E-state index contributed by atoms with van der Waals surface area (Å²) in [6.45, 7) is -2.91. The van der Waals surface area contributed by atoms with Crippen molar-refractivity contribution in [2.75, 3.05) is 0 Å². The van der Waals surface area contributed by atoms with Gasteiger partial charge in [-0.3, -0.25) is 4.79 Å². The molecule has 2 rings (SSSR count). The van der Waals surface area contributed by atoms with Crippen LogP contribution >= 0.6 is 0 Å². The van der Waals surface area contributed by atoms with Crippen molar-refractivity contribution in [2.45, 2.75) is 6.61 Å². The largest absolute Gasteiger partial charge is 0.477 e. The fourth-order valence-electron chi connectivity index (χ4n) is 1.63. The Hall–Kier alpha value is -2.70. The number of carbonyl (C=O) groups is 1. The number of carboxylic acids is 1. The molecule has 104 valence electrons. The van der Waals surface area contributed by atoms with Crippen molar-refractivity contribution in [3.05, 3.63) is 52.3 Å². The SMILES string of the molecule is O=C(O)c1ccc(-c2ccc(OC(F)F)cc2)[nH]c1=O. The van der Waals surface area contributed by atoms with E-state index in [1.807, 2.05) is 0 Å². The second kappa shape index (κ2) is 5.52. The highest BCUT2D eigenvalue weighted by Gasteiger charge is 2.10. The molecular weight excluding hydrogens is 272 g/mol. The molecule has 1 aromatic heterocycles. The summed E-state index contributed by atoms with van der Waals surface area (Å²) in [4.78, 5) is 24.6. The molecular formula is C13H9F2NO4. The monoisotopic (exact) mass is 281 g/mol. The lowest BCUT2D eigenvalue weighted by atomic mass is 10.1. The van der Waals surface area contributed by atoms with Crippen LogP contribution in [0.2, 0.25) is 0 Å². The minimum absolute atomic E-state index is 0.00625. The van der Waals surface area contributed by atoms with Crippen molar-refractivity contribution in [1.29, 1.82) is 0 Å². The molecule has 0 saturated carbocycles. The van der Waals surface area contributed by atoms with E-state index in [0.717, 1.165) is 0 Å². The van der Waals surface area contributed by atoms with Crippen molar-refractivity contribution in [3.63, 3.8) is 0 Å². The maximum absolute atomic E-state index is 12.0. The predicted molar refractivity (Wildman–Crippen MR) is 66.1 cm³/mol. The standard InChI is InChI=1S/C13H9F2NO4/c14-13(15)20-8-3-1-7(2-4-8)10-6-5-9(12(18)19)11(17)16-10/h1-6,13H,(H,16,17)(H,18,19). The van der Waals surface area contributed by atoms with E-state index in [2.05, 4.69) is 9.72 Å². The number of rotatable bonds is 4. The lowest BCUT2D eigenvalue weighted by molar-refractivity contribution is -0.0498. The number of benzene rings is 1. The average Bonchev–Trinajstić information content (AvgIpc) is 2.38. The Morgan fingerprint density at radius 1 is 1.15 bits per heavy atom. The van der Waals surface area contributed by atoms with Crippen LogP contribution in [-0.4, -0.2) is 22.7 Å². The quantitative estimate of drug-likeness (QED) is 0.901. The summed E-state index contributed by atoms with van der Waals surface area (Å²) in [7, 11) is 0. The van der Waals surface area contributed by atoms with Crippen molar-refractivity contribution < 1.29 is 23.4 Å². The van der Waals surface area contributed by atoms with Gasteiger partial charge < -0.3 is 14.8 Å². The zero-order chi connectivity index (χ0) is 14.7. The average molecular weight is 281 g/mol. The summed E-state index contributed by atoms with van der Waals surface area (Å²) < 4.78 is 28.2. The van der Waals surface area contributed by atoms with Crippen LogP contribution in [0.15, 0.2) is 41.2 Å². The Balaban J connectivity index is 2.30. The number of pyridine rings is 1. The Labute approximate surface area is 111 Å². The van der Waals surface area contributed by atoms with Crippen LogP contribution in [0.4, 0.5) is 8.78 Å². The van der Waals surface area contributed by atoms with Crippen LogP contribution in [-0.2, 0) is 0 Å². The number of aromatic carboxylic acids is 1. The summed E-state index contributed by atoms with van der Waals surface area (Å²) in [5.74, 6) is -1.33. The van der Waals surface area contributed by atoms with Gasteiger partial charge in [0.25, 0.3) is 5.56 Å². The van der Waals surface area contributed by atoms with E-state index >= 15 is 0 Å². The first-order chi connectivity index (χ1) is 9.47. The van der Waals surface area contributed by atoms with Gasteiger partial charge in [-0.1, -0.05) is 0 Å². The molecule has 0 fully saturated rings. The van der Waals surface area contributed by atoms with E-state index in [9.17, 15) is 18.4 Å². The molecule has 0 amide bonds. The number of ether oxygens (including phenoxy) is 1. The number of H-pyrrole nitrogens is 1. The fourth-order valence-corrected chi connectivity index (χ4v) is 1.63. The van der Waals surface area contributed by atoms with Crippen LogP contribution in [0.5, 0.6) is 5.75 Å². The Bertz CT molecular complexity index is 680. The Morgan fingerprint density at radius 2 is 1.80 bits per heavy atom. The topological polar surface area (TPSA) is 79.4 Å². The fraction of sp³-hybridized carbons (Fsp3) is 0.0769. The maximum atomic E-state index is 12.0. The van der Waals surface area contributed by atoms with Crippen molar-refractivity contribution in [3.8, 4) is 17.0 Å². The van der Waals surface area contributed by atoms with E-state index in [-0.39, 0.29) is 11.3 Å². The zero-order valence-corrected chi connectivity index (χ0v) is 9.97. The number of aromatic nitrogens is 1. The number of carboxylic acid groups (broad SMARTS) is 1. The van der Waals surface area contributed by atoms with Crippen LogP contribution in [0.1, 0.15) is 10.4 Å². The first-order valence-electron chi connectivity index (χ1n) is 5.49. The molecule has 2 aromatic rings. The third-order valence-corrected chi connectivity index (χ3v) is 2.53. The minimum Gasteiger partial charge on any atom is -0.477 e. The van der Waals surface area contributed by atoms with Crippen LogP contribution in [0.3, 0.4) is 0 Å². The number of hydrogen-bond acceptors (Lipinski definition) is 3. The predicted octanol–water partition coefficient (Wildman–Crippen LogP) is 2.34. The first-order valence-corrected chi connectivity index (χ1v) is 5.49. The number of nitrogens with one attached hydrogen (secondary N) is 1. The van der Waals surface area contributed by atoms with Crippen molar-refractivity contribution in [1.82, 2.24) is 4.98 Å². The van der Waals surface area contributed by atoms with Gasteiger partial charge in [0.05, 0.1) is 0 Å². The summed E-state index contributed by atoms with van der Waals surface area (Å²) in [5, 5.41) is 8.74. The second-order valence-corrected chi connectivity index (χ2v) is 3.82. The highest BCUT2D eigenvalue weighted by atomic mass is 19.3. The number of hydrogen-bond donors (Lipinski definition) is 2. The highest BCUT2D eigenvalue weighted by Crippen LogP contribution is 2.21. The van der Waals surface area contributed by atoms with Gasteiger partial charge in [-0.2, -0.15) is 8.78 Å². The van der Waals surface area contributed by atoms with Crippen molar-refractivity contribution in [2.24, 2.45) is 0 Å². The Morgan fingerprint density at radius 3 is 2.30 bits per heavy atom. The van der Waals surface area contributed by atoms with Crippen LogP contribution in [0, 0.1) is 0 Å². The van der Waals surface area contributed by atoms with E-state index in [1.165, 1.54) is 36.4 Å². The van der Waals surface area contributed by atoms with Gasteiger partial charge in [-0.15, -0.1) is 0 Å². The van der Waals surface area contributed by atoms with Gasteiger partial charge >= 0.3 is 12.6 Å². The Kier molecular flexibility index (Phi) is 3.79. The maximum Gasteiger partial charge on any atom is 0.387 e. The van der Waals surface area contributed by atoms with E-state index in [1.54, 1.807) is 0 Å². The zero-order valence-electron chi connectivity index (χ0n) is 9.97. The summed E-state index contributed by atoms with van der Waals surface area (Å²) in [6, 6.07) is 8.20. The lowest BCUT2D eigenvalue weighted by Crippen LogP contribution is -2.17. The smallest absolute Gasteiger partial charge is 0.387 e. The molecule has 5 nitrogen and oxygen atoms in total. The molecule has 0 bridgehead atoms. The van der Waals surface area contributed by atoms with E-state index in [4.69, 9.17) is 5.11 Å². The molecule has 0 unspecified atom stereocenters. The van der Waals surface area contributed by atoms with Gasteiger partial charge in [-0.05, 0) is 42.0 Å². The van der Waals surface area contributed by atoms with Gasteiger partial charge in [0.2, 0.25) is 0 Å². The number of halogens is 2. The van der Waals surface area contributed by atoms with Crippen LogP contribution < -0.4 is 10.3 Å². The summed E-state index contributed by atoms with van der Waals surface area (Å²) >= 11 is 0. The van der Waals surface area contributed by atoms with Gasteiger partial charge in [0, 0.05) is 5.69 Å². The number of aromatic amines is 1. The molecule has 0 saturated heterocycles. The molecule has 1 heterocycles. The van der Waals surface area contributed by atoms with E-state index < -0.39 is 18.1 Å². The molecule has 0 aliphatic rings. The molecule has 0 aliphatic heterocycles. The highest BCUT2D eigenvalue weighted by molar-refractivity contribution is 5.87. The van der Waals surface area contributed by atoms with Gasteiger partial charge in [-0.25, -0.2) is 4.79 Å². The van der Waals surface area contributed by atoms with Crippen molar-refractivity contribution >= 4 is 5.97 Å².